The Labute approximate surface area is 118 Å². The molecular formula is C18H17FO. The van der Waals surface area contributed by atoms with Gasteiger partial charge in [-0.2, -0.15) is 0 Å². The minimum Gasteiger partial charge on any atom is -0.288 e. The lowest BCUT2D eigenvalue weighted by molar-refractivity contribution is 0.103. The van der Waals surface area contributed by atoms with Crippen LogP contribution in [0.1, 0.15) is 52.2 Å². The lowest BCUT2D eigenvalue weighted by atomic mass is 9.79. The minimum atomic E-state index is -0.449. The number of hydrogen-bond donors (Lipinski definition) is 0. The third-order valence-electron chi connectivity index (χ3n) is 4.09. The molecule has 2 heteroatoms. The third-order valence-corrected chi connectivity index (χ3v) is 4.09. The summed E-state index contributed by atoms with van der Waals surface area (Å²) in [6, 6.07) is 12.3. The second-order valence-electron chi connectivity index (χ2n) is 5.57. The van der Waals surface area contributed by atoms with Crippen molar-refractivity contribution in [3.63, 3.8) is 0 Å². The van der Waals surface area contributed by atoms with Crippen LogP contribution in [0, 0.1) is 12.7 Å². The highest BCUT2D eigenvalue weighted by Gasteiger charge is 2.21. The number of ketones is 1. The Balaban J connectivity index is 1.95. The molecule has 3 rings (SSSR count). The van der Waals surface area contributed by atoms with Gasteiger partial charge in [-0.25, -0.2) is 4.39 Å². The summed E-state index contributed by atoms with van der Waals surface area (Å²) in [5.41, 5.74) is 2.84. The van der Waals surface area contributed by atoms with E-state index in [1.54, 1.807) is 18.2 Å². The Morgan fingerprint density at radius 1 is 1.15 bits per heavy atom. The molecule has 0 bridgehead atoms. The first-order valence-corrected chi connectivity index (χ1v) is 7.06. The van der Waals surface area contributed by atoms with Crippen molar-refractivity contribution >= 4 is 5.78 Å². The zero-order valence-electron chi connectivity index (χ0n) is 11.5. The number of benzene rings is 2. The maximum Gasteiger partial charge on any atom is 0.195 e. The van der Waals surface area contributed by atoms with E-state index in [0.717, 1.165) is 5.56 Å². The summed E-state index contributed by atoms with van der Waals surface area (Å²) in [7, 11) is 0. The fourth-order valence-electron chi connectivity index (χ4n) is 2.64. The maximum atomic E-state index is 13.8. The highest BCUT2D eigenvalue weighted by molar-refractivity contribution is 6.09. The Bertz CT molecular complexity index is 656. The SMILES string of the molecule is Cc1ccc(F)c(C(=O)c2cccc(C3CCC3)c2)c1. The molecule has 0 radical (unpaired) electrons. The van der Waals surface area contributed by atoms with Crippen LogP contribution in [-0.2, 0) is 0 Å². The Morgan fingerprint density at radius 2 is 1.95 bits per heavy atom. The average molecular weight is 268 g/mol. The van der Waals surface area contributed by atoms with Crippen molar-refractivity contribution in [3.05, 3.63) is 70.5 Å². The van der Waals surface area contributed by atoms with E-state index in [2.05, 4.69) is 6.07 Å². The Morgan fingerprint density at radius 3 is 2.65 bits per heavy atom. The molecule has 1 aliphatic carbocycles. The number of aryl methyl sites for hydroxylation is 1. The van der Waals surface area contributed by atoms with E-state index in [1.165, 1.54) is 30.9 Å². The lowest BCUT2D eigenvalue weighted by Gasteiger charge is -2.26. The molecule has 0 N–H and O–H groups in total. The van der Waals surface area contributed by atoms with Gasteiger partial charge in [-0.3, -0.25) is 4.79 Å². The first-order valence-electron chi connectivity index (χ1n) is 7.06. The van der Waals surface area contributed by atoms with Crippen molar-refractivity contribution in [2.45, 2.75) is 32.1 Å². The van der Waals surface area contributed by atoms with Crippen molar-refractivity contribution in [2.75, 3.05) is 0 Å². The normalized spacial score (nSPS) is 14.9. The maximum absolute atomic E-state index is 13.8. The van der Waals surface area contributed by atoms with Gasteiger partial charge in [0.1, 0.15) is 5.82 Å². The molecule has 0 aliphatic heterocycles. The second kappa shape index (κ2) is 5.20. The van der Waals surface area contributed by atoms with Gasteiger partial charge in [0.25, 0.3) is 0 Å². The van der Waals surface area contributed by atoms with Crippen molar-refractivity contribution in [3.8, 4) is 0 Å². The van der Waals surface area contributed by atoms with E-state index in [9.17, 15) is 9.18 Å². The van der Waals surface area contributed by atoms with Crippen LogP contribution < -0.4 is 0 Å². The molecular weight excluding hydrogens is 251 g/mol. The van der Waals surface area contributed by atoms with Gasteiger partial charge in [0.2, 0.25) is 0 Å². The van der Waals surface area contributed by atoms with Crippen molar-refractivity contribution in [1.82, 2.24) is 0 Å². The summed E-state index contributed by atoms with van der Waals surface area (Å²) in [6.07, 6.45) is 3.64. The van der Waals surface area contributed by atoms with Crippen LogP contribution in [0.5, 0.6) is 0 Å². The molecule has 20 heavy (non-hydrogen) atoms. The molecule has 0 heterocycles. The summed E-state index contributed by atoms with van der Waals surface area (Å²) >= 11 is 0. The first-order chi connectivity index (χ1) is 9.65. The number of carbonyl (C=O) groups is 1. The molecule has 0 spiro atoms. The average Bonchev–Trinajstić information content (AvgIpc) is 2.39. The topological polar surface area (TPSA) is 17.1 Å². The molecule has 1 fully saturated rings. The molecule has 0 atom stereocenters. The number of carbonyl (C=O) groups excluding carboxylic acids is 1. The van der Waals surface area contributed by atoms with Crippen LogP contribution in [0.4, 0.5) is 4.39 Å². The van der Waals surface area contributed by atoms with Crippen LogP contribution in [0.25, 0.3) is 0 Å². The van der Waals surface area contributed by atoms with Gasteiger partial charge in [-0.1, -0.05) is 36.2 Å². The van der Waals surface area contributed by atoms with Crippen LogP contribution in [-0.4, -0.2) is 5.78 Å². The Hall–Kier alpha value is -1.96. The molecule has 102 valence electrons. The van der Waals surface area contributed by atoms with Gasteiger partial charge in [0.05, 0.1) is 5.56 Å². The highest BCUT2D eigenvalue weighted by Crippen LogP contribution is 2.36. The van der Waals surface area contributed by atoms with Gasteiger partial charge in [-0.15, -0.1) is 0 Å². The quantitative estimate of drug-likeness (QED) is 0.741. The summed E-state index contributed by atoms with van der Waals surface area (Å²) in [4.78, 5) is 12.5. The summed E-state index contributed by atoms with van der Waals surface area (Å²) < 4.78 is 13.8. The zero-order chi connectivity index (χ0) is 14.1. The van der Waals surface area contributed by atoms with E-state index in [-0.39, 0.29) is 11.3 Å². The van der Waals surface area contributed by atoms with Crippen LogP contribution in [0.15, 0.2) is 42.5 Å². The number of halogens is 1. The van der Waals surface area contributed by atoms with Crippen molar-refractivity contribution in [2.24, 2.45) is 0 Å². The van der Waals surface area contributed by atoms with E-state index < -0.39 is 5.82 Å². The second-order valence-corrected chi connectivity index (χ2v) is 5.57. The molecule has 1 saturated carbocycles. The smallest absolute Gasteiger partial charge is 0.195 e. The van der Waals surface area contributed by atoms with Gasteiger partial charge in [-0.05, 0) is 49.4 Å². The van der Waals surface area contributed by atoms with Crippen molar-refractivity contribution in [1.29, 1.82) is 0 Å². The molecule has 0 saturated heterocycles. The van der Waals surface area contributed by atoms with E-state index in [0.29, 0.717) is 11.5 Å². The van der Waals surface area contributed by atoms with Crippen LogP contribution >= 0.6 is 0 Å². The Kier molecular flexibility index (Phi) is 3.39. The van der Waals surface area contributed by atoms with Gasteiger partial charge in [0.15, 0.2) is 5.78 Å². The molecule has 1 aliphatic rings. The lowest BCUT2D eigenvalue weighted by Crippen LogP contribution is -2.10. The predicted molar refractivity (Wildman–Crippen MR) is 77.6 cm³/mol. The molecule has 2 aromatic rings. The van der Waals surface area contributed by atoms with Gasteiger partial charge in [0, 0.05) is 5.56 Å². The van der Waals surface area contributed by atoms with E-state index in [4.69, 9.17) is 0 Å². The van der Waals surface area contributed by atoms with Gasteiger partial charge >= 0.3 is 0 Å². The highest BCUT2D eigenvalue weighted by atomic mass is 19.1. The number of rotatable bonds is 3. The standard InChI is InChI=1S/C18H17FO/c1-12-8-9-17(19)16(10-12)18(20)15-7-3-6-14(11-15)13-4-2-5-13/h3,6-11,13H,2,4-5H2,1H3. The summed E-state index contributed by atoms with van der Waals surface area (Å²) in [5, 5.41) is 0. The van der Waals surface area contributed by atoms with Gasteiger partial charge < -0.3 is 0 Å². The third kappa shape index (κ3) is 2.38. The molecule has 0 amide bonds. The van der Waals surface area contributed by atoms with Crippen LogP contribution in [0.2, 0.25) is 0 Å². The molecule has 2 aromatic carbocycles. The fourth-order valence-corrected chi connectivity index (χ4v) is 2.64. The summed E-state index contributed by atoms with van der Waals surface area (Å²) in [6.45, 7) is 1.86. The predicted octanol–water partition coefficient (Wildman–Crippen LogP) is 4.63. The van der Waals surface area contributed by atoms with Crippen molar-refractivity contribution < 1.29 is 9.18 Å². The monoisotopic (exact) mass is 268 g/mol. The van der Waals surface area contributed by atoms with E-state index >= 15 is 0 Å². The first kappa shape index (κ1) is 13.0. The zero-order valence-corrected chi connectivity index (χ0v) is 11.5. The minimum absolute atomic E-state index is 0.163. The molecule has 1 nitrogen and oxygen atoms in total. The van der Waals surface area contributed by atoms with E-state index in [1.807, 2.05) is 19.1 Å². The summed E-state index contributed by atoms with van der Waals surface area (Å²) in [5.74, 6) is -0.105. The number of hydrogen-bond acceptors (Lipinski definition) is 1. The largest absolute Gasteiger partial charge is 0.288 e. The molecule has 0 unspecified atom stereocenters. The van der Waals surface area contributed by atoms with Crippen LogP contribution in [0.3, 0.4) is 0 Å². The molecule has 0 aromatic heterocycles. The fraction of sp³-hybridized carbons (Fsp3) is 0.278.